The standard InChI is InChI=1S/C40H61N3O8/c1-23(2)34-40(9)33-28(7)31(41-17-18-43(33)38(46)51-40)26(5)21-39(8,47-22-29-15-13-12-14-16-29)35(24(3)19-25(4)36(45)49-34)50-37-32(44)30(42(10)11)20-27(6)48-37/h12-16,19,23-24,26-28,30,32-35,37,44H,17-18,20-22H2,1-11H3/b25-19+/t24-,26+,27-,28+,30+,32?,33+,34+,35+,37+,39-,40-/m0/s1. The molecule has 0 spiro atoms. The van der Waals surface area contributed by atoms with Crippen molar-refractivity contribution in [3.05, 3.63) is 47.5 Å². The number of cyclic esters (lactones) is 1. The van der Waals surface area contributed by atoms with Gasteiger partial charge in [-0.1, -0.05) is 71.0 Å². The molecular formula is C40H61N3O8. The molecule has 0 saturated carbocycles. The van der Waals surface area contributed by atoms with Gasteiger partial charge in [-0.3, -0.25) is 9.89 Å². The number of aliphatic imine (C=N–C) groups is 1. The Balaban J connectivity index is 1.64. The number of carbonyl (C=O) groups excluding carboxylic acids is 2. The van der Waals surface area contributed by atoms with Gasteiger partial charge in [0.2, 0.25) is 0 Å². The first kappa shape index (κ1) is 39.4. The van der Waals surface area contributed by atoms with E-state index < -0.39 is 53.9 Å². The second-order valence-electron chi connectivity index (χ2n) is 16.4. The van der Waals surface area contributed by atoms with E-state index >= 15 is 0 Å². The minimum absolute atomic E-state index is 0.0994. The predicted octanol–water partition coefficient (Wildman–Crippen LogP) is 5.63. The molecule has 2 fully saturated rings. The highest BCUT2D eigenvalue weighted by molar-refractivity contribution is 5.91. The Morgan fingerprint density at radius 3 is 2.43 bits per heavy atom. The molecule has 284 valence electrons. The average molecular weight is 712 g/mol. The summed E-state index contributed by atoms with van der Waals surface area (Å²) in [7, 11) is 3.90. The largest absolute Gasteiger partial charge is 0.454 e. The maximum Gasteiger partial charge on any atom is 0.410 e. The van der Waals surface area contributed by atoms with Gasteiger partial charge in [0.25, 0.3) is 0 Å². The minimum atomic E-state index is -1.10. The van der Waals surface area contributed by atoms with Gasteiger partial charge >= 0.3 is 12.1 Å². The minimum Gasteiger partial charge on any atom is -0.454 e. The molecule has 4 aliphatic heterocycles. The fraction of sp³-hybridized carbons (Fsp3) is 0.725. The van der Waals surface area contributed by atoms with Crippen molar-refractivity contribution in [3.8, 4) is 0 Å². The molecule has 11 nitrogen and oxygen atoms in total. The number of aliphatic hydroxyl groups excluding tert-OH is 1. The van der Waals surface area contributed by atoms with Gasteiger partial charge in [-0.15, -0.1) is 0 Å². The first-order chi connectivity index (χ1) is 24.0. The highest BCUT2D eigenvalue weighted by atomic mass is 16.7. The summed E-state index contributed by atoms with van der Waals surface area (Å²) in [5.74, 6) is -1.32. The molecule has 1 aromatic rings. The van der Waals surface area contributed by atoms with Crippen LogP contribution in [0.25, 0.3) is 0 Å². The molecule has 12 atom stereocenters. The molecule has 2 bridgehead atoms. The van der Waals surface area contributed by atoms with Crippen LogP contribution >= 0.6 is 0 Å². The van der Waals surface area contributed by atoms with Crippen molar-refractivity contribution in [1.82, 2.24) is 9.80 Å². The number of likely N-dealkylation sites (N-methyl/N-ethyl adjacent to an activating group) is 1. The van der Waals surface area contributed by atoms with E-state index in [4.69, 9.17) is 28.7 Å². The van der Waals surface area contributed by atoms with E-state index in [-0.39, 0.29) is 35.8 Å². The van der Waals surface area contributed by atoms with Crippen molar-refractivity contribution >= 4 is 17.8 Å². The zero-order chi connectivity index (χ0) is 37.4. The molecule has 1 N–H and O–H groups in total. The van der Waals surface area contributed by atoms with Gasteiger partial charge in [-0.2, -0.15) is 0 Å². The van der Waals surface area contributed by atoms with Gasteiger partial charge in [0.15, 0.2) is 11.9 Å². The monoisotopic (exact) mass is 711 g/mol. The van der Waals surface area contributed by atoms with Gasteiger partial charge in [0, 0.05) is 35.7 Å². The third kappa shape index (κ3) is 8.08. The Labute approximate surface area is 304 Å². The number of hydrogen-bond acceptors (Lipinski definition) is 10. The van der Waals surface area contributed by atoms with Crippen LogP contribution in [0.2, 0.25) is 0 Å². The topological polar surface area (TPSA) is 119 Å². The summed E-state index contributed by atoms with van der Waals surface area (Å²) in [6.07, 6.45) is -0.729. The molecule has 4 heterocycles. The maximum absolute atomic E-state index is 14.0. The molecule has 5 rings (SSSR count). The van der Waals surface area contributed by atoms with Crippen LogP contribution in [0.1, 0.15) is 80.7 Å². The summed E-state index contributed by atoms with van der Waals surface area (Å²) in [5, 5.41) is 11.6. The van der Waals surface area contributed by atoms with Crippen molar-refractivity contribution in [2.75, 3.05) is 27.2 Å². The maximum atomic E-state index is 14.0. The molecule has 2 saturated heterocycles. The summed E-state index contributed by atoms with van der Waals surface area (Å²) < 4.78 is 32.8. The van der Waals surface area contributed by atoms with Crippen molar-refractivity contribution < 1.29 is 38.4 Å². The Bertz CT molecular complexity index is 1450. The lowest BCUT2D eigenvalue weighted by molar-refractivity contribution is -0.297. The Morgan fingerprint density at radius 2 is 1.78 bits per heavy atom. The summed E-state index contributed by atoms with van der Waals surface area (Å²) in [4.78, 5) is 36.4. The van der Waals surface area contributed by atoms with Crippen molar-refractivity contribution in [3.63, 3.8) is 0 Å². The predicted molar refractivity (Wildman–Crippen MR) is 195 cm³/mol. The fourth-order valence-corrected chi connectivity index (χ4v) is 9.24. The summed E-state index contributed by atoms with van der Waals surface area (Å²) in [5.41, 5.74) is 0.310. The Kier molecular flexibility index (Phi) is 12.1. The zero-order valence-corrected chi connectivity index (χ0v) is 32.5. The van der Waals surface area contributed by atoms with E-state index in [1.54, 1.807) is 11.8 Å². The van der Waals surface area contributed by atoms with Crippen LogP contribution < -0.4 is 0 Å². The highest BCUT2D eigenvalue weighted by Gasteiger charge is 2.61. The van der Waals surface area contributed by atoms with Crippen LogP contribution in [0.4, 0.5) is 4.79 Å². The molecule has 0 aliphatic carbocycles. The number of benzene rings is 1. The summed E-state index contributed by atoms with van der Waals surface area (Å²) in [6, 6.07) is 9.44. The van der Waals surface area contributed by atoms with Crippen LogP contribution in [0.5, 0.6) is 0 Å². The second kappa shape index (κ2) is 15.6. The van der Waals surface area contributed by atoms with E-state index in [1.807, 2.05) is 90.0 Å². The molecule has 0 radical (unpaired) electrons. The van der Waals surface area contributed by atoms with Gasteiger partial charge in [-0.25, -0.2) is 9.59 Å². The number of amides is 1. The third-order valence-corrected chi connectivity index (χ3v) is 11.5. The van der Waals surface area contributed by atoms with Crippen molar-refractivity contribution in [2.24, 2.45) is 28.7 Å². The normalized spacial score (nSPS) is 40.5. The van der Waals surface area contributed by atoms with Gasteiger partial charge in [0.05, 0.1) is 37.0 Å². The first-order valence-corrected chi connectivity index (χ1v) is 18.7. The molecule has 1 amide bonds. The van der Waals surface area contributed by atoms with Gasteiger partial charge in [-0.05, 0) is 72.0 Å². The average Bonchev–Trinajstić information content (AvgIpc) is 3.19. The molecule has 4 aliphatic rings. The number of carbonyl (C=O) groups is 2. The van der Waals surface area contributed by atoms with Crippen LogP contribution in [0, 0.1) is 23.7 Å². The number of aliphatic hydroxyl groups is 1. The van der Waals surface area contributed by atoms with E-state index in [0.29, 0.717) is 38.1 Å². The molecule has 11 heteroatoms. The quantitative estimate of drug-likeness (QED) is 0.359. The smallest absolute Gasteiger partial charge is 0.410 e. The van der Waals surface area contributed by atoms with E-state index in [1.165, 1.54) is 0 Å². The van der Waals surface area contributed by atoms with Crippen LogP contribution in [-0.2, 0) is 35.1 Å². The molecule has 0 aromatic heterocycles. The summed E-state index contributed by atoms with van der Waals surface area (Å²) in [6.45, 7) is 19.1. The number of esters is 1. The van der Waals surface area contributed by atoms with Crippen molar-refractivity contribution in [1.29, 1.82) is 0 Å². The molecule has 51 heavy (non-hydrogen) atoms. The third-order valence-electron chi connectivity index (χ3n) is 11.5. The van der Waals surface area contributed by atoms with Crippen molar-refractivity contribution in [2.45, 2.75) is 136 Å². The van der Waals surface area contributed by atoms with Crippen LogP contribution in [0.3, 0.4) is 0 Å². The lowest BCUT2D eigenvalue weighted by atomic mass is 9.73. The van der Waals surface area contributed by atoms with Gasteiger partial charge < -0.3 is 33.7 Å². The Hall–Kier alpha value is -2.83. The molecule has 1 aromatic carbocycles. The first-order valence-electron chi connectivity index (χ1n) is 18.7. The molecule has 1 unspecified atom stereocenters. The lowest BCUT2D eigenvalue weighted by Gasteiger charge is -2.47. The van der Waals surface area contributed by atoms with E-state index in [0.717, 1.165) is 11.3 Å². The molecular weight excluding hydrogens is 650 g/mol. The number of rotatable bonds is 7. The zero-order valence-electron chi connectivity index (χ0n) is 32.5. The van der Waals surface area contributed by atoms with Crippen LogP contribution in [-0.4, -0.2) is 114 Å². The van der Waals surface area contributed by atoms with E-state index in [9.17, 15) is 14.7 Å². The fourth-order valence-electron chi connectivity index (χ4n) is 9.24. The number of fused-ring (bicyclic) bond motifs is 1. The van der Waals surface area contributed by atoms with Crippen LogP contribution in [0.15, 0.2) is 47.0 Å². The number of ether oxygens (including phenoxy) is 5. The number of nitrogens with zero attached hydrogens (tertiary/aromatic N) is 3. The van der Waals surface area contributed by atoms with Gasteiger partial charge in [0.1, 0.15) is 12.2 Å². The second-order valence-corrected chi connectivity index (χ2v) is 16.4. The highest BCUT2D eigenvalue weighted by Crippen LogP contribution is 2.44. The van der Waals surface area contributed by atoms with E-state index in [2.05, 4.69) is 20.8 Å². The number of hydrogen-bond donors (Lipinski definition) is 1. The SMILES string of the molecule is C/C1=C\[C@H](C)[C@@H](O[C@H]2O[C@@H](C)C[C@@H](N(C)C)C2O)[C@@](C)(OCc2ccccc2)C[C@@H](C)C2=NCCN3C(=O)O[C@](C)([C@@H](C(C)C)OC1=O)[C@H]3[C@@H]2C. The Morgan fingerprint density at radius 1 is 1.10 bits per heavy atom. The summed E-state index contributed by atoms with van der Waals surface area (Å²) >= 11 is 0. The lowest BCUT2D eigenvalue weighted by Crippen LogP contribution is -2.59.